The molecule has 1 aromatic heterocycles. The van der Waals surface area contributed by atoms with Gasteiger partial charge < -0.3 is 9.73 Å². The minimum atomic E-state index is -0.608. The van der Waals surface area contributed by atoms with Crippen LogP contribution >= 0.6 is 0 Å². The van der Waals surface area contributed by atoms with E-state index in [2.05, 4.69) is 5.32 Å². The lowest BCUT2D eigenvalue weighted by molar-refractivity contribution is 0.431. The molecule has 1 unspecified atom stereocenters. The topological polar surface area (TPSA) is 25.2 Å². The predicted molar refractivity (Wildman–Crippen MR) is 66.2 cm³/mol. The van der Waals surface area contributed by atoms with Crippen molar-refractivity contribution in [1.82, 2.24) is 5.32 Å². The van der Waals surface area contributed by atoms with E-state index in [0.29, 0.717) is 11.3 Å². The van der Waals surface area contributed by atoms with Gasteiger partial charge in [-0.3, -0.25) is 0 Å². The van der Waals surface area contributed by atoms with E-state index in [1.165, 1.54) is 12.1 Å². The van der Waals surface area contributed by atoms with Crippen LogP contribution in [0.5, 0.6) is 0 Å². The predicted octanol–water partition coefficient (Wildman–Crippen LogP) is 3.90. The van der Waals surface area contributed by atoms with Gasteiger partial charge in [-0.1, -0.05) is 6.92 Å². The van der Waals surface area contributed by atoms with Crippen molar-refractivity contribution in [2.24, 2.45) is 0 Å². The van der Waals surface area contributed by atoms with Gasteiger partial charge in [0.2, 0.25) is 0 Å². The Morgan fingerprint density at radius 1 is 1.17 bits per heavy atom. The number of nitrogens with one attached hydrogen (secondary N) is 1. The second kappa shape index (κ2) is 5.31. The molecule has 18 heavy (non-hydrogen) atoms. The molecule has 96 valence electrons. The van der Waals surface area contributed by atoms with Crippen molar-refractivity contribution in [3.63, 3.8) is 0 Å². The van der Waals surface area contributed by atoms with Crippen LogP contribution in [0.3, 0.4) is 0 Å². The second-order valence-corrected chi connectivity index (χ2v) is 4.11. The minimum absolute atomic E-state index is 0.108. The number of benzene rings is 1. The van der Waals surface area contributed by atoms with Gasteiger partial charge in [0.05, 0.1) is 6.04 Å². The lowest BCUT2D eigenvalue weighted by atomic mass is 10.1. The normalized spacial score (nSPS) is 12.7. The number of hydrogen-bond donors (Lipinski definition) is 1. The Morgan fingerprint density at radius 3 is 2.39 bits per heavy atom. The average Bonchev–Trinajstić information content (AvgIpc) is 2.79. The first-order valence-corrected chi connectivity index (χ1v) is 5.87. The maximum absolute atomic E-state index is 13.1. The Kier molecular flexibility index (Phi) is 3.77. The molecule has 0 aliphatic heterocycles. The number of hydrogen-bond acceptors (Lipinski definition) is 2. The SMILES string of the molecule is CCC(NC)c1ccc(-c2cc(F)cc(F)c2)o1. The summed E-state index contributed by atoms with van der Waals surface area (Å²) in [7, 11) is 1.85. The van der Waals surface area contributed by atoms with Crippen molar-refractivity contribution in [3.8, 4) is 11.3 Å². The van der Waals surface area contributed by atoms with Crippen LogP contribution in [0.1, 0.15) is 25.1 Å². The van der Waals surface area contributed by atoms with Crippen LogP contribution in [0.2, 0.25) is 0 Å². The molecule has 1 N–H and O–H groups in total. The molecule has 0 saturated carbocycles. The fraction of sp³-hybridized carbons (Fsp3) is 0.286. The van der Waals surface area contributed by atoms with Crippen LogP contribution in [0.15, 0.2) is 34.7 Å². The highest BCUT2D eigenvalue weighted by Crippen LogP contribution is 2.27. The highest BCUT2D eigenvalue weighted by molar-refractivity contribution is 5.57. The summed E-state index contributed by atoms with van der Waals surface area (Å²) in [6, 6.07) is 7.01. The molecule has 2 aromatic rings. The molecule has 2 nitrogen and oxygen atoms in total. The Balaban J connectivity index is 2.34. The van der Waals surface area contributed by atoms with Crippen LogP contribution < -0.4 is 5.32 Å². The van der Waals surface area contributed by atoms with Gasteiger partial charge in [0.15, 0.2) is 0 Å². The van der Waals surface area contributed by atoms with E-state index in [9.17, 15) is 8.78 Å². The van der Waals surface area contributed by atoms with Gasteiger partial charge in [-0.15, -0.1) is 0 Å². The van der Waals surface area contributed by atoms with Crippen LogP contribution in [0.4, 0.5) is 8.78 Å². The summed E-state index contributed by atoms with van der Waals surface area (Å²) >= 11 is 0. The molecule has 0 aliphatic rings. The van der Waals surface area contributed by atoms with Gasteiger partial charge in [-0.2, -0.15) is 0 Å². The van der Waals surface area contributed by atoms with E-state index in [1.54, 1.807) is 6.07 Å². The molecule has 1 atom stereocenters. The van der Waals surface area contributed by atoms with E-state index < -0.39 is 11.6 Å². The number of rotatable bonds is 4. The molecule has 0 saturated heterocycles. The third-order valence-electron chi connectivity index (χ3n) is 2.87. The molecule has 0 bridgehead atoms. The van der Waals surface area contributed by atoms with E-state index in [1.807, 2.05) is 20.0 Å². The minimum Gasteiger partial charge on any atom is -0.459 e. The number of furan rings is 1. The summed E-state index contributed by atoms with van der Waals surface area (Å²) in [6.07, 6.45) is 0.876. The monoisotopic (exact) mass is 251 g/mol. The van der Waals surface area contributed by atoms with Crippen molar-refractivity contribution < 1.29 is 13.2 Å². The van der Waals surface area contributed by atoms with E-state index >= 15 is 0 Å². The fourth-order valence-electron chi connectivity index (χ4n) is 1.94. The fourth-order valence-corrected chi connectivity index (χ4v) is 1.94. The average molecular weight is 251 g/mol. The molecule has 1 heterocycles. The summed E-state index contributed by atoms with van der Waals surface area (Å²) in [6.45, 7) is 2.03. The van der Waals surface area contributed by atoms with Crippen LogP contribution in [-0.4, -0.2) is 7.05 Å². The smallest absolute Gasteiger partial charge is 0.134 e. The summed E-state index contributed by atoms with van der Waals surface area (Å²) < 4.78 is 31.9. The molecule has 0 spiro atoms. The zero-order chi connectivity index (χ0) is 13.1. The number of halogens is 2. The molecular weight excluding hydrogens is 236 g/mol. The zero-order valence-corrected chi connectivity index (χ0v) is 10.3. The van der Waals surface area contributed by atoms with Gasteiger partial charge in [0, 0.05) is 11.6 Å². The second-order valence-electron chi connectivity index (χ2n) is 4.11. The Morgan fingerprint density at radius 2 is 1.83 bits per heavy atom. The first kappa shape index (κ1) is 12.8. The van der Waals surface area contributed by atoms with Crippen LogP contribution in [-0.2, 0) is 0 Å². The van der Waals surface area contributed by atoms with E-state index in [-0.39, 0.29) is 6.04 Å². The lowest BCUT2D eigenvalue weighted by Crippen LogP contribution is -2.14. The van der Waals surface area contributed by atoms with Crippen LogP contribution in [0, 0.1) is 11.6 Å². The largest absolute Gasteiger partial charge is 0.459 e. The van der Waals surface area contributed by atoms with Crippen molar-refractivity contribution in [1.29, 1.82) is 0 Å². The molecule has 4 heteroatoms. The summed E-state index contributed by atoms with van der Waals surface area (Å²) in [4.78, 5) is 0. The van der Waals surface area contributed by atoms with Gasteiger partial charge in [0.1, 0.15) is 23.2 Å². The maximum atomic E-state index is 13.1. The summed E-state index contributed by atoms with van der Waals surface area (Å²) in [5.74, 6) is 0.0176. The van der Waals surface area contributed by atoms with Gasteiger partial charge in [0.25, 0.3) is 0 Å². The third-order valence-corrected chi connectivity index (χ3v) is 2.87. The highest BCUT2D eigenvalue weighted by Gasteiger charge is 2.13. The quantitative estimate of drug-likeness (QED) is 0.891. The van der Waals surface area contributed by atoms with Crippen LogP contribution in [0.25, 0.3) is 11.3 Å². The zero-order valence-electron chi connectivity index (χ0n) is 10.3. The van der Waals surface area contributed by atoms with E-state index in [0.717, 1.165) is 18.2 Å². The van der Waals surface area contributed by atoms with Crippen molar-refractivity contribution in [3.05, 3.63) is 47.7 Å². The molecule has 0 amide bonds. The van der Waals surface area contributed by atoms with Crippen molar-refractivity contribution in [2.45, 2.75) is 19.4 Å². The lowest BCUT2D eigenvalue weighted by Gasteiger charge is -2.09. The molecule has 0 radical (unpaired) electrons. The van der Waals surface area contributed by atoms with E-state index in [4.69, 9.17) is 4.42 Å². The Hall–Kier alpha value is -1.68. The molecule has 0 aliphatic carbocycles. The molecule has 1 aromatic carbocycles. The first-order valence-electron chi connectivity index (χ1n) is 5.87. The maximum Gasteiger partial charge on any atom is 0.134 e. The Labute approximate surface area is 105 Å². The molecule has 0 fully saturated rings. The third kappa shape index (κ3) is 2.59. The standard InChI is InChI=1S/C14H15F2NO/c1-3-12(17-2)14-5-4-13(18-14)9-6-10(15)8-11(16)7-9/h4-8,12,17H,3H2,1-2H3. The van der Waals surface area contributed by atoms with Gasteiger partial charge >= 0.3 is 0 Å². The summed E-state index contributed by atoms with van der Waals surface area (Å²) in [5.41, 5.74) is 0.407. The first-order chi connectivity index (χ1) is 8.63. The van der Waals surface area contributed by atoms with Crippen molar-refractivity contribution in [2.75, 3.05) is 7.05 Å². The highest BCUT2D eigenvalue weighted by atomic mass is 19.1. The van der Waals surface area contributed by atoms with Gasteiger partial charge in [-0.05, 0) is 37.7 Å². The van der Waals surface area contributed by atoms with Crippen molar-refractivity contribution >= 4 is 0 Å². The molecular formula is C14H15F2NO. The Bertz CT molecular complexity index is 512. The summed E-state index contributed by atoms with van der Waals surface area (Å²) in [5, 5.41) is 3.11. The molecule has 2 rings (SSSR count). The van der Waals surface area contributed by atoms with Gasteiger partial charge in [-0.25, -0.2) is 8.78 Å².